The lowest BCUT2D eigenvalue weighted by atomic mass is 9.85. The summed E-state index contributed by atoms with van der Waals surface area (Å²) in [6.07, 6.45) is 0. The molecule has 0 aliphatic carbocycles. The second kappa shape index (κ2) is 8.57. The minimum Gasteiger partial charge on any atom is -0.483 e. The van der Waals surface area contributed by atoms with Crippen molar-refractivity contribution in [3.05, 3.63) is 29.3 Å². The third kappa shape index (κ3) is 6.48. The number of ether oxygens (including phenoxy) is 1. The van der Waals surface area contributed by atoms with Crippen molar-refractivity contribution in [1.82, 2.24) is 15.5 Å². The van der Waals surface area contributed by atoms with Gasteiger partial charge in [-0.15, -0.1) is 0 Å². The maximum Gasteiger partial charge on any atom is 0.316 e. The number of carbonyl (C=O) groups is 2. The third-order valence-corrected chi connectivity index (χ3v) is 3.43. The largest absolute Gasteiger partial charge is 0.483 e. The van der Waals surface area contributed by atoms with E-state index in [2.05, 4.69) is 37.5 Å². The van der Waals surface area contributed by atoms with Crippen LogP contribution in [0.15, 0.2) is 18.2 Å². The monoisotopic (exact) mass is 335 g/mol. The molecule has 3 amide bonds. The van der Waals surface area contributed by atoms with E-state index in [1.54, 1.807) is 14.1 Å². The second-order valence-electron chi connectivity index (χ2n) is 7.01. The van der Waals surface area contributed by atoms with Crippen molar-refractivity contribution < 1.29 is 14.3 Å². The van der Waals surface area contributed by atoms with Crippen LogP contribution in [-0.4, -0.2) is 50.6 Å². The van der Waals surface area contributed by atoms with E-state index < -0.39 is 0 Å². The van der Waals surface area contributed by atoms with Crippen LogP contribution in [0.3, 0.4) is 0 Å². The molecule has 0 aliphatic heterocycles. The van der Waals surface area contributed by atoms with E-state index in [1.807, 2.05) is 19.1 Å². The molecule has 1 aromatic rings. The van der Waals surface area contributed by atoms with Gasteiger partial charge >= 0.3 is 6.03 Å². The Labute approximate surface area is 144 Å². The molecule has 0 unspecified atom stereocenters. The predicted molar refractivity (Wildman–Crippen MR) is 95.5 cm³/mol. The number of hydrogen-bond acceptors (Lipinski definition) is 3. The number of amides is 3. The standard InChI is InChI=1S/C18H29N3O3/c1-13-7-8-15(14(11-13)18(2,3)4)24-12-16(22)19-9-10-20-17(23)21(5)6/h7-8,11H,9-10,12H2,1-6H3,(H,19,22)(H,20,23). The Bertz CT molecular complexity index is 577. The summed E-state index contributed by atoms with van der Waals surface area (Å²) in [5.41, 5.74) is 2.18. The summed E-state index contributed by atoms with van der Waals surface area (Å²) >= 11 is 0. The summed E-state index contributed by atoms with van der Waals surface area (Å²) < 4.78 is 5.69. The summed E-state index contributed by atoms with van der Waals surface area (Å²) in [4.78, 5) is 24.6. The van der Waals surface area contributed by atoms with Gasteiger partial charge < -0.3 is 20.3 Å². The lowest BCUT2D eigenvalue weighted by molar-refractivity contribution is -0.123. The molecule has 2 N–H and O–H groups in total. The molecular formula is C18H29N3O3. The first kappa shape index (κ1) is 19.8. The minimum absolute atomic E-state index is 0.0478. The molecule has 0 aliphatic rings. The Hall–Kier alpha value is -2.24. The maximum absolute atomic E-state index is 11.9. The SMILES string of the molecule is Cc1ccc(OCC(=O)NCCNC(=O)N(C)C)c(C(C)(C)C)c1. The van der Waals surface area contributed by atoms with Crippen LogP contribution >= 0.6 is 0 Å². The summed E-state index contributed by atoms with van der Waals surface area (Å²) in [6, 6.07) is 5.78. The number of nitrogens with one attached hydrogen (secondary N) is 2. The molecule has 0 radical (unpaired) electrons. The van der Waals surface area contributed by atoms with Crippen molar-refractivity contribution in [2.75, 3.05) is 33.8 Å². The summed E-state index contributed by atoms with van der Waals surface area (Å²) in [6.45, 7) is 9.07. The van der Waals surface area contributed by atoms with Crippen LogP contribution < -0.4 is 15.4 Å². The average Bonchev–Trinajstić information content (AvgIpc) is 2.49. The molecule has 0 atom stereocenters. The highest BCUT2D eigenvalue weighted by Crippen LogP contribution is 2.32. The molecule has 24 heavy (non-hydrogen) atoms. The van der Waals surface area contributed by atoms with Crippen LogP contribution in [0.2, 0.25) is 0 Å². The van der Waals surface area contributed by atoms with Crippen LogP contribution in [0.5, 0.6) is 5.75 Å². The van der Waals surface area contributed by atoms with Gasteiger partial charge in [-0.2, -0.15) is 0 Å². The van der Waals surface area contributed by atoms with Crippen LogP contribution in [0.1, 0.15) is 31.9 Å². The Morgan fingerprint density at radius 3 is 2.33 bits per heavy atom. The quantitative estimate of drug-likeness (QED) is 0.782. The van der Waals surface area contributed by atoms with Gasteiger partial charge in [0.1, 0.15) is 5.75 Å². The Morgan fingerprint density at radius 1 is 1.12 bits per heavy atom. The fourth-order valence-electron chi connectivity index (χ4n) is 2.08. The Balaban J connectivity index is 2.47. The van der Waals surface area contributed by atoms with E-state index in [0.29, 0.717) is 13.1 Å². The molecule has 134 valence electrons. The van der Waals surface area contributed by atoms with Crippen molar-refractivity contribution in [3.8, 4) is 5.75 Å². The van der Waals surface area contributed by atoms with E-state index in [0.717, 1.165) is 16.9 Å². The van der Waals surface area contributed by atoms with Crippen LogP contribution in [0, 0.1) is 6.92 Å². The normalized spacial score (nSPS) is 10.9. The molecule has 0 saturated carbocycles. The first-order valence-corrected chi connectivity index (χ1v) is 8.07. The molecule has 6 nitrogen and oxygen atoms in total. The topological polar surface area (TPSA) is 70.7 Å². The van der Waals surface area contributed by atoms with Gasteiger partial charge in [0.15, 0.2) is 6.61 Å². The van der Waals surface area contributed by atoms with Crippen molar-refractivity contribution >= 4 is 11.9 Å². The van der Waals surface area contributed by atoms with Gasteiger partial charge in [-0.1, -0.05) is 38.5 Å². The lowest BCUT2D eigenvalue weighted by Crippen LogP contribution is -2.40. The zero-order valence-corrected chi connectivity index (χ0v) is 15.5. The highest BCUT2D eigenvalue weighted by Gasteiger charge is 2.19. The van der Waals surface area contributed by atoms with E-state index >= 15 is 0 Å². The first-order valence-electron chi connectivity index (χ1n) is 8.07. The van der Waals surface area contributed by atoms with Gasteiger partial charge in [-0.3, -0.25) is 4.79 Å². The van der Waals surface area contributed by atoms with Crippen molar-refractivity contribution in [2.24, 2.45) is 0 Å². The second-order valence-corrected chi connectivity index (χ2v) is 7.01. The summed E-state index contributed by atoms with van der Waals surface area (Å²) in [5.74, 6) is 0.513. The maximum atomic E-state index is 11.9. The smallest absolute Gasteiger partial charge is 0.316 e. The van der Waals surface area contributed by atoms with Crippen LogP contribution in [0.4, 0.5) is 4.79 Å². The molecular weight excluding hydrogens is 306 g/mol. The van der Waals surface area contributed by atoms with Gasteiger partial charge in [0.2, 0.25) is 0 Å². The number of rotatable bonds is 6. The van der Waals surface area contributed by atoms with E-state index in [1.165, 1.54) is 4.90 Å². The number of hydrogen-bond donors (Lipinski definition) is 2. The van der Waals surface area contributed by atoms with E-state index in [4.69, 9.17) is 4.74 Å². The molecule has 1 rings (SSSR count). The molecule has 0 spiro atoms. The molecule has 0 bridgehead atoms. The average molecular weight is 335 g/mol. The van der Waals surface area contributed by atoms with E-state index in [9.17, 15) is 9.59 Å². The zero-order valence-electron chi connectivity index (χ0n) is 15.5. The van der Waals surface area contributed by atoms with Crippen molar-refractivity contribution in [2.45, 2.75) is 33.1 Å². The number of nitrogens with zero attached hydrogens (tertiary/aromatic N) is 1. The highest BCUT2D eigenvalue weighted by molar-refractivity contribution is 5.77. The Morgan fingerprint density at radius 2 is 1.75 bits per heavy atom. The van der Waals surface area contributed by atoms with Crippen molar-refractivity contribution in [1.29, 1.82) is 0 Å². The predicted octanol–water partition coefficient (Wildman–Crippen LogP) is 2.06. The van der Waals surface area contributed by atoms with E-state index in [-0.39, 0.29) is 24.0 Å². The number of carbonyl (C=O) groups excluding carboxylic acids is 2. The van der Waals surface area contributed by atoms with Crippen LogP contribution in [0.25, 0.3) is 0 Å². The number of benzene rings is 1. The minimum atomic E-state index is -0.213. The van der Waals surface area contributed by atoms with Gasteiger partial charge in [-0.05, 0) is 24.0 Å². The fourth-order valence-corrected chi connectivity index (χ4v) is 2.08. The first-order chi connectivity index (χ1) is 11.1. The van der Waals surface area contributed by atoms with Gasteiger partial charge in [0.25, 0.3) is 5.91 Å². The summed E-state index contributed by atoms with van der Waals surface area (Å²) in [5, 5.41) is 5.40. The number of urea groups is 1. The molecule has 6 heteroatoms. The number of aryl methyl sites for hydroxylation is 1. The summed E-state index contributed by atoms with van der Waals surface area (Å²) in [7, 11) is 3.33. The molecule has 1 aromatic carbocycles. The Kier molecular flexibility index (Phi) is 7.07. The zero-order chi connectivity index (χ0) is 18.3. The fraction of sp³-hybridized carbons (Fsp3) is 0.556. The van der Waals surface area contributed by atoms with Gasteiger partial charge in [-0.25, -0.2) is 4.79 Å². The molecule has 0 aromatic heterocycles. The molecule has 0 heterocycles. The molecule has 0 saturated heterocycles. The lowest BCUT2D eigenvalue weighted by Gasteiger charge is -2.23. The third-order valence-electron chi connectivity index (χ3n) is 3.43. The highest BCUT2D eigenvalue weighted by atomic mass is 16.5. The molecule has 0 fully saturated rings. The van der Waals surface area contributed by atoms with Gasteiger partial charge in [0, 0.05) is 27.2 Å². The van der Waals surface area contributed by atoms with Crippen molar-refractivity contribution in [3.63, 3.8) is 0 Å². The van der Waals surface area contributed by atoms with Gasteiger partial charge in [0.05, 0.1) is 0 Å². The van der Waals surface area contributed by atoms with Crippen LogP contribution in [-0.2, 0) is 10.2 Å².